The standard InChI is InChI=1S/C18H19ClFNO2/c1-11(22-2)17-16(8-7-14(20)18(17)19)23-13-9-12-5-3-4-6-15(12)21-10-13/h7-11H,3-6H2,1-2H3. The van der Waals surface area contributed by atoms with Crippen molar-refractivity contribution in [2.45, 2.75) is 38.7 Å². The summed E-state index contributed by atoms with van der Waals surface area (Å²) in [6.45, 7) is 1.80. The Balaban J connectivity index is 1.95. The van der Waals surface area contributed by atoms with Crippen LogP contribution in [0, 0.1) is 5.82 Å². The lowest BCUT2D eigenvalue weighted by atomic mass is 9.96. The summed E-state index contributed by atoms with van der Waals surface area (Å²) in [4.78, 5) is 4.49. The molecule has 1 atom stereocenters. The van der Waals surface area contributed by atoms with E-state index in [1.807, 2.05) is 6.07 Å². The van der Waals surface area contributed by atoms with Gasteiger partial charge in [0, 0.05) is 18.4 Å². The summed E-state index contributed by atoms with van der Waals surface area (Å²) < 4.78 is 25.0. The summed E-state index contributed by atoms with van der Waals surface area (Å²) >= 11 is 6.10. The fraction of sp³-hybridized carbons (Fsp3) is 0.389. The number of hydrogen-bond donors (Lipinski definition) is 0. The number of methoxy groups -OCH3 is 1. The third kappa shape index (κ3) is 3.33. The van der Waals surface area contributed by atoms with E-state index in [0.29, 0.717) is 17.1 Å². The van der Waals surface area contributed by atoms with Crippen molar-refractivity contribution in [3.63, 3.8) is 0 Å². The number of hydrogen-bond acceptors (Lipinski definition) is 3. The van der Waals surface area contributed by atoms with Gasteiger partial charge in [0.1, 0.15) is 17.3 Å². The highest BCUT2D eigenvalue weighted by Gasteiger charge is 2.20. The second-order valence-corrected chi connectivity index (χ2v) is 6.12. The lowest BCUT2D eigenvalue weighted by Gasteiger charge is -2.19. The fourth-order valence-corrected chi connectivity index (χ4v) is 3.19. The van der Waals surface area contributed by atoms with Crippen LogP contribution in [0.5, 0.6) is 11.5 Å². The van der Waals surface area contributed by atoms with E-state index in [9.17, 15) is 4.39 Å². The largest absolute Gasteiger partial charge is 0.455 e. The molecule has 23 heavy (non-hydrogen) atoms. The summed E-state index contributed by atoms with van der Waals surface area (Å²) in [6.07, 6.45) is 5.73. The molecule has 0 bridgehead atoms. The number of fused-ring (bicyclic) bond motifs is 1. The van der Waals surface area contributed by atoms with Gasteiger partial charge in [-0.05, 0) is 56.4 Å². The van der Waals surface area contributed by atoms with Gasteiger partial charge in [0.05, 0.1) is 17.3 Å². The van der Waals surface area contributed by atoms with Crippen LogP contribution in [0.1, 0.15) is 42.7 Å². The van der Waals surface area contributed by atoms with Gasteiger partial charge in [0.25, 0.3) is 0 Å². The van der Waals surface area contributed by atoms with Gasteiger partial charge in [-0.3, -0.25) is 4.98 Å². The van der Waals surface area contributed by atoms with E-state index in [1.54, 1.807) is 26.3 Å². The van der Waals surface area contributed by atoms with Crippen molar-refractivity contribution in [3.8, 4) is 11.5 Å². The molecule has 2 aromatic rings. The second-order valence-electron chi connectivity index (χ2n) is 5.74. The molecule has 0 aliphatic heterocycles. The minimum atomic E-state index is -0.485. The zero-order valence-electron chi connectivity index (χ0n) is 13.2. The molecule has 1 aromatic heterocycles. The van der Waals surface area contributed by atoms with Gasteiger partial charge in [0.15, 0.2) is 0 Å². The summed E-state index contributed by atoms with van der Waals surface area (Å²) in [5, 5.41) is 0.0303. The van der Waals surface area contributed by atoms with Crippen LogP contribution < -0.4 is 4.74 Å². The van der Waals surface area contributed by atoms with Gasteiger partial charge in [-0.25, -0.2) is 4.39 Å². The van der Waals surface area contributed by atoms with Gasteiger partial charge < -0.3 is 9.47 Å². The number of benzene rings is 1. The molecule has 122 valence electrons. The number of aryl methyl sites for hydroxylation is 2. The SMILES string of the molecule is COC(C)c1c(Oc2cnc3c(c2)CCCC3)ccc(F)c1Cl. The molecule has 1 aliphatic carbocycles. The Morgan fingerprint density at radius 2 is 2.04 bits per heavy atom. The Hall–Kier alpha value is -1.65. The Labute approximate surface area is 140 Å². The van der Waals surface area contributed by atoms with E-state index in [0.717, 1.165) is 18.5 Å². The molecule has 3 nitrogen and oxygen atoms in total. The number of rotatable bonds is 4. The first-order valence-electron chi connectivity index (χ1n) is 7.76. The van der Waals surface area contributed by atoms with E-state index in [-0.39, 0.29) is 11.1 Å². The molecule has 1 aromatic carbocycles. The van der Waals surface area contributed by atoms with Gasteiger partial charge in [-0.15, -0.1) is 0 Å². The molecule has 1 heterocycles. The molecule has 1 unspecified atom stereocenters. The van der Waals surface area contributed by atoms with Crippen molar-refractivity contribution >= 4 is 11.6 Å². The smallest absolute Gasteiger partial charge is 0.146 e. The first-order valence-corrected chi connectivity index (χ1v) is 8.14. The molecule has 0 radical (unpaired) electrons. The topological polar surface area (TPSA) is 31.4 Å². The maximum absolute atomic E-state index is 13.8. The van der Waals surface area contributed by atoms with E-state index in [4.69, 9.17) is 21.1 Å². The van der Waals surface area contributed by atoms with Crippen molar-refractivity contribution in [3.05, 3.63) is 52.1 Å². The highest BCUT2D eigenvalue weighted by atomic mass is 35.5. The molecular formula is C18H19ClFNO2. The number of ether oxygens (including phenoxy) is 2. The molecule has 0 fully saturated rings. The van der Waals surface area contributed by atoms with Crippen LogP contribution in [-0.2, 0) is 17.6 Å². The van der Waals surface area contributed by atoms with Crippen LogP contribution in [0.4, 0.5) is 4.39 Å². The predicted molar refractivity (Wildman–Crippen MR) is 87.8 cm³/mol. The first kappa shape index (κ1) is 16.2. The Morgan fingerprint density at radius 1 is 1.26 bits per heavy atom. The van der Waals surface area contributed by atoms with Crippen LogP contribution in [0.15, 0.2) is 24.4 Å². The van der Waals surface area contributed by atoms with Crippen LogP contribution in [0.25, 0.3) is 0 Å². The van der Waals surface area contributed by atoms with E-state index in [2.05, 4.69) is 4.98 Å². The van der Waals surface area contributed by atoms with Gasteiger partial charge in [-0.1, -0.05) is 11.6 Å². The highest BCUT2D eigenvalue weighted by molar-refractivity contribution is 6.31. The Bertz CT molecular complexity index is 720. The van der Waals surface area contributed by atoms with Crippen LogP contribution in [0.3, 0.4) is 0 Å². The minimum absolute atomic E-state index is 0.0303. The average Bonchev–Trinajstić information content (AvgIpc) is 2.58. The summed E-state index contributed by atoms with van der Waals surface area (Å²) in [5.74, 6) is 0.641. The molecule has 0 N–H and O–H groups in total. The summed E-state index contributed by atoms with van der Waals surface area (Å²) in [5.41, 5.74) is 2.88. The monoisotopic (exact) mass is 335 g/mol. The zero-order chi connectivity index (χ0) is 16.4. The van der Waals surface area contributed by atoms with Crippen molar-refractivity contribution < 1.29 is 13.9 Å². The van der Waals surface area contributed by atoms with Crippen LogP contribution in [0.2, 0.25) is 5.02 Å². The molecule has 0 amide bonds. The fourth-order valence-electron chi connectivity index (χ4n) is 2.88. The maximum atomic E-state index is 13.8. The van der Waals surface area contributed by atoms with E-state index in [1.165, 1.54) is 24.5 Å². The zero-order valence-corrected chi connectivity index (χ0v) is 14.0. The quantitative estimate of drug-likeness (QED) is 0.764. The summed E-state index contributed by atoms with van der Waals surface area (Å²) in [7, 11) is 1.55. The van der Waals surface area contributed by atoms with Crippen LogP contribution >= 0.6 is 11.6 Å². The third-order valence-electron chi connectivity index (χ3n) is 4.23. The van der Waals surface area contributed by atoms with E-state index >= 15 is 0 Å². The summed E-state index contributed by atoms with van der Waals surface area (Å²) in [6, 6.07) is 4.89. The molecular weight excluding hydrogens is 317 g/mol. The van der Waals surface area contributed by atoms with Crippen molar-refractivity contribution in [2.24, 2.45) is 0 Å². The van der Waals surface area contributed by atoms with Gasteiger partial charge in [0.2, 0.25) is 0 Å². The lowest BCUT2D eigenvalue weighted by Crippen LogP contribution is -2.06. The van der Waals surface area contributed by atoms with Gasteiger partial charge >= 0.3 is 0 Å². The number of halogens is 2. The van der Waals surface area contributed by atoms with E-state index < -0.39 is 5.82 Å². The van der Waals surface area contributed by atoms with Crippen LogP contribution in [-0.4, -0.2) is 12.1 Å². The number of aromatic nitrogens is 1. The Morgan fingerprint density at radius 3 is 2.83 bits per heavy atom. The highest BCUT2D eigenvalue weighted by Crippen LogP contribution is 2.38. The second kappa shape index (κ2) is 6.85. The predicted octanol–water partition coefficient (Wildman–Crippen LogP) is 5.25. The van der Waals surface area contributed by atoms with Crippen molar-refractivity contribution in [1.82, 2.24) is 4.98 Å². The lowest BCUT2D eigenvalue weighted by molar-refractivity contribution is 0.117. The molecule has 0 saturated heterocycles. The molecule has 0 spiro atoms. The van der Waals surface area contributed by atoms with Crippen molar-refractivity contribution in [1.29, 1.82) is 0 Å². The molecule has 3 rings (SSSR count). The average molecular weight is 336 g/mol. The number of nitrogens with zero attached hydrogens (tertiary/aromatic N) is 1. The maximum Gasteiger partial charge on any atom is 0.146 e. The normalized spacial score (nSPS) is 15.1. The first-order chi connectivity index (χ1) is 11.1. The van der Waals surface area contributed by atoms with Gasteiger partial charge in [-0.2, -0.15) is 0 Å². The Kier molecular flexibility index (Phi) is 4.83. The molecule has 0 saturated carbocycles. The molecule has 5 heteroatoms. The molecule has 1 aliphatic rings. The minimum Gasteiger partial charge on any atom is -0.455 e. The number of pyridine rings is 1. The van der Waals surface area contributed by atoms with Crippen molar-refractivity contribution in [2.75, 3.05) is 7.11 Å². The third-order valence-corrected chi connectivity index (χ3v) is 4.61.